The minimum absolute atomic E-state index is 0.0447. The fraction of sp³-hybridized carbons (Fsp3) is 0.214. The van der Waals surface area contributed by atoms with E-state index in [-0.39, 0.29) is 28.0 Å². The van der Waals surface area contributed by atoms with Crippen LogP contribution in [0, 0.1) is 0 Å². The molecule has 138 valence electrons. The van der Waals surface area contributed by atoms with E-state index in [1.165, 1.54) is 32.6 Å². The lowest BCUT2D eigenvalue weighted by atomic mass is 10.2. The average Bonchev–Trinajstić information content (AvgIpc) is 2.62. The molecule has 0 aliphatic rings. The van der Waals surface area contributed by atoms with Gasteiger partial charge in [-0.1, -0.05) is 11.8 Å². The lowest BCUT2D eigenvalue weighted by Crippen LogP contribution is -2.26. The number of H-pyrrole nitrogens is 2. The number of amides is 1. The Morgan fingerprint density at radius 1 is 1.35 bits per heavy atom. The number of rotatable bonds is 7. The number of ether oxygens (including phenoxy) is 2. The SMILES string of the molecule is COc1cc(/C=N/NC(=O)CSc2n[nH]c(=O)[nH]c2=O)cc(OC)c1O. The van der Waals surface area contributed by atoms with E-state index in [0.717, 1.165) is 11.8 Å². The highest BCUT2D eigenvalue weighted by atomic mass is 32.2. The smallest absolute Gasteiger partial charge is 0.342 e. The molecule has 4 N–H and O–H groups in total. The molecule has 11 nitrogen and oxygen atoms in total. The Morgan fingerprint density at radius 2 is 2.00 bits per heavy atom. The number of nitrogens with zero attached hydrogens (tertiary/aromatic N) is 2. The van der Waals surface area contributed by atoms with Gasteiger partial charge in [0.2, 0.25) is 11.7 Å². The van der Waals surface area contributed by atoms with Crippen LogP contribution >= 0.6 is 11.8 Å². The number of thioether (sulfide) groups is 1. The normalized spacial score (nSPS) is 10.7. The Kier molecular flexibility index (Phi) is 6.38. The molecule has 0 aliphatic heterocycles. The quantitative estimate of drug-likeness (QED) is 0.282. The van der Waals surface area contributed by atoms with Crippen molar-refractivity contribution >= 4 is 23.9 Å². The van der Waals surface area contributed by atoms with Crippen molar-refractivity contribution in [3.05, 3.63) is 38.5 Å². The number of hydrazone groups is 1. The molecule has 0 fully saturated rings. The second-order valence-electron chi connectivity index (χ2n) is 4.67. The largest absolute Gasteiger partial charge is 0.502 e. The third-order valence-corrected chi connectivity index (χ3v) is 3.88. The van der Waals surface area contributed by atoms with Crippen LogP contribution in [0.4, 0.5) is 0 Å². The summed E-state index contributed by atoms with van der Waals surface area (Å²) in [4.78, 5) is 36.0. The molecule has 0 radical (unpaired) electrons. The predicted molar refractivity (Wildman–Crippen MR) is 93.1 cm³/mol. The number of phenols is 1. The molecule has 1 amide bonds. The van der Waals surface area contributed by atoms with Crippen LogP contribution in [0.15, 0.2) is 31.8 Å². The van der Waals surface area contributed by atoms with Crippen LogP contribution in [0.5, 0.6) is 17.2 Å². The van der Waals surface area contributed by atoms with Crippen LogP contribution in [0.3, 0.4) is 0 Å². The molecule has 1 aromatic heterocycles. The topological polar surface area (TPSA) is 159 Å². The molecule has 0 unspecified atom stereocenters. The fourth-order valence-corrected chi connectivity index (χ4v) is 2.39. The number of carbonyl (C=O) groups excluding carboxylic acids is 1. The van der Waals surface area contributed by atoms with Crippen LogP contribution in [0.2, 0.25) is 0 Å². The average molecular weight is 381 g/mol. The van der Waals surface area contributed by atoms with Crippen LogP contribution in [0.25, 0.3) is 0 Å². The highest BCUT2D eigenvalue weighted by Crippen LogP contribution is 2.36. The maximum Gasteiger partial charge on any atom is 0.342 e. The van der Waals surface area contributed by atoms with Gasteiger partial charge in [-0.15, -0.1) is 0 Å². The maximum absolute atomic E-state index is 11.7. The summed E-state index contributed by atoms with van der Waals surface area (Å²) in [6, 6.07) is 3.01. The molecule has 0 spiro atoms. The molecule has 2 rings (SSSR count). The van der Waals surface area contributed by atoms with E-state index in [1.807, 2.05) is 4.98 Å². The van der Waals surface area contributed by atoms with Crippen molar-refractivity contribution in [1.29, 1.82) is 0 Å². The minimum atomic E-state index is -0.729. The Bertz CT molecular complexity index is 913. The summed E-state index contributed by atoms with van der Waals surface area (Å²) in [5.41, 5.74) is 1.38. The zero-order valence-corrected chi connectivity index (χ0v) is 14.5. The molecule has 12 heteroatoms. The molecule has 0 atom stereocenters. The zero-order chi connectivity index (χ0) is 19.1. The molecule has 0 aliphatic carbocycles. The summed E-state index contributed by atoms with van der Waals surface area (Å²) in [6.45, 7) is 0. The zero-order valence-electron chi connectivity index (χ0n) is 13.7. The van der Waals surface area contributed by atoms with E-state index in [1.54, 1.807) is 0 Å². The summed E-state index contributed by atoms with van der Waals surface area (Å²) in [5, 5.41) is 19.2. The van der Waals surface area contributed by atoms with Crippen molar-refractivity contribution in [3.63, 3.8) is 0 Å². The molecule has 2 aromatic rings. The van der Waals surface area contributed by atoms with E-state index < -0.39 is 17.2 Å². The first-order valence-electron chi connectivity index (χ1n) is 7.03. The van der Waals surface area contributed by atoms with Gasteiger partial charge in [-0.05, 0) is 12.1 Å². The highest BCUT2D eigenvalue weighted by molar-refractivity contribution is 7.99. The Balaban J connectivity index is 1.96. The Labute approximate surface area is 150 Å². The van der Waals surface area contributed by atoms with Crippen molar-refractivity contribution in [2.75, 3.05) is 20.0 Å². The second-order valence-corrected chi connectivity index (χ2v) is 5.63. The lowest BCUT2D eigenvalue weighted by Gasteiger charge is -2.09. The highest BCUT2D eigenvalue weighted by Gasteiger charge is 2.10. The third-order valence-electron chi connectivity index (χ3n) is 2.93. The minimum Gasteiger partial charge on any atom is -0.502 e. The van der Waals surface area contributed by atoms with Gasteiger partial charge in [-0.25, -0.2) is 15.3 Å². The third kappa shape index (κ3) is 4.86. The molecule has 1 heterocycles. The summed E-state index contributed by atoms with van der Waals surface area (Å²) < 4.78 is 10.0. The van der Waals surface area contributed by atoms with Gasteiger partial charge in [0.15, 0.2) is 16.5 Å². The van der Waals surface area contributed by atoms with Crippen molar-refractivity contribution in [2.45, 2.75) is 5.03 Å². The van der Waals surface area contributed by atoms with Gasteiger partial charge in [-0.2, -0.15) is 10.2 Å². The first kappa shape index (κ1) is 19.1. The van der Waals surface area contributed by atoms with E-state index in [9.17, 15) is 19.5 Å². The second kappa shape index (κ2) is 8.71. The number of carbonyl (C=O) groups is 1. The summed E-state index contributed by atoms with van der Waals surface area (Å²) >= 11 is 0.840. The lowest BCUT2D eigenvalue weighted by molar-refractivity contribution is -0.118. The maximum atomic E-state index is 11.7. The van der Waals surface area contributed by atoms with Crippen molar-refractivity contribution in [3.8, 4) is 17.2 Å². The molecule has 0 saturated carbocycles. The standard InChI is InChI=1S/C14H15N5O6S/c1-24-8-3-7(4-9(25-2)11(8)21)5-15-17-10(20)6-26-13-12(22)16-14(23)19-18-13/h3-5,21H,6H2,1-2H3,(H,17,20)(H2,16,19,22,23)/b15-5+. The summed E-state index contributed by atoms with van der Waals surface area (Å²) in [7, 11) is 2.78. The number of phenolic OH excluding ortho intramolecular Hbond substituents is 1. The number of nitrogens with one attached hydrogen (secondary N) is 3. The van der Waals surface area contributed by atoms with Crippen LogP contribution in [-0.4, -0.2) is 52.4 Å². The predicted octanol–water partition coefficient (Wildman–Crippen LogP) is -0.577. The number of aromatic nitrogens is 3. The number of hydrogen-bond acceptors (Lipinski definition) is 9. The van der Waals surface area contributed by atoms with Gasteiger partial charge in [0.05, 0.1) is 26.2 Å². The van der Waals surface area contributed by atoms with Crippen LogP contribution in [-0.2, 0) is 4.79 Å². The monoisotopic (exact) mass is 381 g/mol. The Hall–Kier alpha value is -3.28. The fourth-order valence-electron chi connectivity index (χ4n) is 1.77. The number of hydrogen-bond donors (Lipinski definition) is 4. The van der Waals surface area contributed by atoms with Gasteiger partial charge in [-0.3, -0.25) is 14.6 Å². The first-order chi connectivity index (χ1) is 12.4. The summed E-state index contributed by atoms with van der Waals surface area (Å²) in [5.74, 6) is -0.392. The van der Waals surface area contributed by atoms with Crippen LogP contribution in [0.1, 0.15) is 5.56 Å². The van der Waals surface area contributed by atoms with Gasteiger partial charge < -0.3 is 14.6 Å². The van der Waals surface area contributed by atoms with Gasteiger partial charge in [0, 0.05) is 5.56 Å². The molecule has 0 bridgehead atoms. The van der Waals surface area contributed by atoms with Gasteiger partial charge in [0.1, 0.15) is 0 Å². The number of aromatic amines is 2. The van der Waals surface area contributed by atoms with E-state index in [0.29, 0.717) is 5.56 Å². The number of benzene rings is 1. The number of methoxy groups -OCH3 is 2. The summed E-state index contributed by atoms with van der Waals surface area (Å²) in [6.07, 6.45) is 1.33. The van der Waals surface area contributed by atoms with Crippen molar-refractivity contribution in [1.82, 2.24) is 20.6 Å². The molecular formula is C14H15N5O6S. The molecule has 26 heavy (non-hydrogen) atoms. The van der Waals surface area contributed by atoms with E-state index in [4.69, 9.17) is 9.47 Å². The molecular weight excluding hydrogens is 366 g/mol. The van der Waals surface area contributed by atoms with E-state index in [2.05, 4.69) is 20.7 Å². The first-order valence-corrected chi connectivity index (χ1v) is 8.02. The molecule has 1 aromatic carbocycles. The molecule has 0 saturated heterocycles. The van der Waals surface area contributed by atoms with Crippen LogP contribution < -0.4 is 26.1 Å². The van der Waals surface area contributed by atoms with E-state index >= 15 is 0 Å². The Morgan fingerprint density at radius 3 is 2.58 bits per heavy atom. The van der Waals surface area contributed by atoms with Gasteiger partial charge >= 0.3 is 5.69 Å². The van der Waals surface area contributed by atoms with Crippen molar-refractivity contribution < 1.29 is 19.4 Å². The number of aromatic hydroxyl groups is 1. The van der Waals surface area contributed by atoms with Gasteiger partial charge in [0.25, 0.3) is 5.56 Å². The van der Waals surface area contributed by atoms with Crippen molar-refractivity contribution in [2.24, 2.45) is 5.10 Å².